The summed E-state index contributed by atoms with van der Waals surface area (Å²) >= 11 is 0. The fourth-order valence-electron chi connectivity index (χ4n) is 1.37. The van der Waals surface area contributed by atoms with E-state index in [0.29, 0.717) is 6.04 Å². The molecule has 1 atom stereocenters. The van der Waals surface area contributed by atoms with Crippen molar-refractivity contribution in [3.8, 4) is 0 Å². The lowest BCUT2D eigenvalue weighted by Gasteiger charge is -2.16. The minimum absolute atomic E-state index is 0.517. The fraction of sp³-hybridized carbons (Fsp3) is 0.818. The Labute approximate surface area is 77.2 Å². The average Bonchev–Trinajstić information content (AvgIpc) is 1.96. The van der Waals surface area contributed by atoms with E-state index in [9.17, 15) is 0 Å². The van der Waals surface area contributed by atoms with E-state index in [1.807, 2.05) is 7.05 Å². The van der Waals surface area contributed by atoms with Crippen LogP contribution >= 0.6 is 0 Å². The number of likely N-dealkylation sites (N-methyl/N-ethyl adjacent to an activating group) is 1. The van der Waals surface area contributed by atoms with Gasteiger partial charge in [-0.15, -0.1) is 0 Å². The highest BCUT2D eigenvalue weighted by Gasteiger charge is 2.05. The normalized spacial score (nSPS) is 13.4. The van der Waals surface area contributed by atoms with E-state index in [0.717, 1.165) is 5.92 Å². The maximum Gasteiger partial charge on any atom is 0.0271 e. The second-order valence-electron chi connectivity index (χ2n) is 4.01. The Morgan fingerprint density at radius 2 is 1.92 bits per heavy atom. The standard InChI is InChI=1S/C11H23N/c1-9(2)7-6-8-11(12-5)10(3)4/h9,11-12H,3,6-8H2,1-2,4-5H3. The Morgan fingerprint density at radius 1 is 1.33 bits per heavy atom. The minimum Gasteiger partial charge on any atom is -0.313 e. The smallest absolute Gasteiger partial charge is 0.0271 e. The summed E-state index contributed by atoms with van der Waals surface area (Å²) in [6.07, 6.45) is 3.85. The van der Waals surface area contributed by atoms with Crippen molar-refractivity contribution in [3.05, 3.63) is 12.2 Å². The van der Waals surface area contributed by atoms with Crippen molar-refractivity contribution in [1.29, 1.82) is 0 Å². The van der Waals surface area contributed by atoms with Crippen molar-refractivity contribution in [2.75, 3.05) is 7.05 Å². The summed E-state index contributed by atoms with van der Waals surface area (Å²) in [5.41, 5.74) is 1.25. The molecular formula is C11H23N. The van der Waals surface area contributed by atoms with Gasteiger partial charge in [-0.25, -0.2) is 0 Å². The molecule has 0 heterocycles. The van der Waals surface area contributed by atoms with Gasteiger partial charge in [-0.1, -0.05) is 38.8 Å². The maximum atomic E-state index is 3.96. The third kappa shape index (κ3) is 5.36. The number of rotatable bonds is 6. The van der Waals surface area contributed by atoms with Gasteiger partial charge < -0.3 is 5.32 Å². The van der Waals surface area contributed by atoms with Crippen LogP contribution in [0.15, 0.2) is 12.2 Å². The molecule has 12 heavy (non-hydrogen) atoms. The minimum atomic E-state index is 0.517. The molecule has 0 aliphatic heterocycles. The molecule has 1 nitrogen and oxygen atoms in total. The lowest BCUT2D eigenvalue weighted by molar-refractivity contribution is 0.490. The Morgan fingerprint density at radius 3 is 2.25 bits per heavy atom. The van der Waals surface area contributed by atoms with E-state index in [2.05, 4.69) is 32.7 Å². The van der Waals surface area contributed by atoms with E-state index >= 15 is 0 Å². The van der Waals surface area contributed by atoms with Gasteiger partial charge in [0.05, 0.1) is 0 Å². The summed E-state index contributed by atoms with van der Waals surface area (Å²) in [6.45, 7) is 10.6. The molecule has 0 amide bonds. The zero-order valence-corrected chi connectivity index (χ0v) is 8.98. The van der Waals surface area contributed by atoms with Crippen LogP contribution in [0.3, 0.4) is 0 Å². The molecule has 0 bridgehead atoms. The maximum absolute atomic E-state index is 3.96. The van der Waals surface area contributed by atoms with E-state index in [1.165, 1.54) is 24.8 Å². The molecule has 72 valence electrons. The molecule has 0 spiro atoms. The summed E-state index contributed by atoms with van der Waals surface area (Å²) in [4.78, 5) is 0. The summed E-state index contributed by atoms with van der Waals surface area (Å²) in [5, 5.41) is 3.28. The number of nitrogens with one attached hydrogen (secondary N) is 1. The summed E-state index contributed by atoms with van der Waals surface area (Å²) in [7, 11) is 2.01. The van der Waals surface area contributed by atoms with Gasteiger partial charge in [0.15, 0.2) is 0 Å². The SMILES string of the molecule is C=C(C)C(CCCC(C)C)NC. The van der Waals surface area contributed by atoms with Gasteiger partial charge in [-0.05, 0) is 26.3 Å². The topological polar surface area (TPSA) is 12.0 Å². The monoisotopic (exact) mass is 169 g/mol. The molecule has 0 aliphatic carbocycles. The van der Waals surface area contributed by atoms with Gasteiger partial charge in [0.1, 0.15) is 0 Å². The quantitative estimate of drug-likeness (QED) is 0.603. The highest BCUT2D eigenvalue weighted by atomic mass is 14.9. The van der Waals surface area contributed by atoms with Crippen LogP contribution in [0.2, 0.25) is 0 Å². The van der Waals surface area contributed by atoms with Crippen LogP contribution in [0.4, 0.5) is 0 Å². The Kier molecular flexibility index (Phi) is 6.09. The molecular weight excluding hydrogens is 146 g/mol. The molecule has 0 fully saturated rings. The molecule has 0 aromatic carbocycles. The summed E-state index contributed by atoms with van der Waals surface area (Å²) in [5.74, 6) is 0.827. The van der Waals surface area contributed by atoms with Crippen molar-refractivity contribution in [2.45, 2.75) is 46.1 Å². The van der Waals surface area contributed by atoms with Crippen LogP contribution in [0.1, 0.15) is 40.0 Å². The van der Waals surface area contributed by atoms with Crippen LogP contribution < -0.4 is 5.32 Å². The first-order chi connectivity index (χ1) is 5.57. The molecule has 0 radical (unpaired) electrons. The molecule has 0 saturated carbocycles. The Balaban J connectivity index is 3.52. The van der Waals surface area contributed by atoms with Crippen molar-refractivity contribution < 1.29 is 0 Å². The molecule has 0 aliphatic rings. The first-order valence-electron chi connectivity index (χ1n) is 4.90. The van der Waals surface area contributed by atoms with Gasteiger partial charge in [0, 0.05) is 6.04 Å². The predicted molar refractivity (Wildman–Crippen MR) is 56.4 cm³/mol. The summed E-state index contributed by atoms with van der Waals surface area (Å²) < 4.78 is 0. The molecule has 0 rings (SSSR count). The average molecular weight is 169 g/mol. The lowest BCUT2D eigenvalue weighted by atomic mass is 10.00. The highest BCUT2D eigenvalue weighted by molar-refractivity contribution is 5.00. The largest absolute Gasteiger partial charge is 0.313 e. The van der Waals surface area contributed by atoms with Crippen molar-refractivity contribution in [3.63, 3.8) is 0 Å². The van der Waals surface area contributed by atoms with Crippen molar-refractivity contribution >= 4 is 0 Å². The predicted octanol–water partition coefficient (Wildman–Crippen LogP) is 2.98. The van der Waals surface area contributed by atoms with Crippen molar-refractivity contribution in [2.24, 2.45) is 5.92 Å². The van der Waals surface area contributed by atoms with E-state index in [1.54, 1.807) is 0 Å². The zero-order chi connectivity index (χ0) is 9.56. The second-order valence-corrected chi connectivity index (χ2v) is 4.01. The van der Waals surface area contributed by atoms with Crippen LogP contribution in [-0.2, 0) is 0 Å². The third-order valence-electron chi connectivity index (χ3n) is 2.22. The van der Waals surface area contributed by atoms with Crippen molar-refractivity contribution in [1.82, 2.24) is 5.32 Å². The van der Waals surface area contributed by atoms with Crippen LogP contribution in [0, 0.1) is 5.92 Å². The van der Waals surface area contributed by atoms with E-state index in [4.69, 9.17) is 0 Å². The summed E-state index contributed by atoms with van der Waals surface area (Å²) in [6, 6.07) is 0.517. The van der Waals surface area contributed by atoms with Gasteiger partial charge in [-0.3, -0.25) is 0 Å². The first kappa shape index (κ1) is 11.7. The first-order valence-corrected chi connectivity index (χ1v) is 4.90. The van der Waals surface area contributed by atoms with Crippen LogP contribution in [0.25, 0.3) is 0 Å². The van der Waals surface area contributed by atoms with Gasteiger partial charge >= 0.3 is 0 Å². The lowest BCUT2D eigenvalue weighted by Crippen LogP contribution is -2.25. The van der Waals surface area contributed by atoms with Crippen LogP contribution in [-0.4, -0.2) is 13.1 Å². The third-order valence-corrected chi connectivity index (χ3v) is 2.22. The fourth-order valence-corrected chi connectivity index (χ4v) is 1.37. The Bertz CT molecular complexity index is 127. The molecule has 0 aromatic rings. The molecule has 1 heteroatoms. The number of hydrogen-bond acceptors (Lipinski definition) is 1. The van der Waals surface area contributed by atoms with Gasteiger partial charge in [0.25, 0.3) is 0 Å². The van der Waals surface area contributed by atoms with Gasteiger partial charge in [-0.2, -0.15) is 0 Å². The second kappa shape index (κ2) is 6.24. The highest BCUT2D eigenvalue weighted by Crippen LogP contribution is 2.11. The van der Waals surface area contributed by atoms with E-state index in [-0.39, 0.29) is 0 Å². The molecule has 1 unspecified atom stereocenters. The molecule has 1 N–H and O–H groups in total. The zero-order valence-electron chi connectivity index (χ0n) is 8.98. The van der Waals surface area contributed by atoms with E-state index < -0.39 is 0 Å². The van der Waals surface area contributed by atoms with Crippen LogP contribution in [0.5, 0.6) is 0 Å². The Hall–Kier alpha value is -0.300. The number of hydrogen-bond donors (Lipinski definition) is 1. The van der Waals surface area contributed by atoms with Gasteiger partial charge in [0.2, 0.25) is 0 Å². The molecule has 0 aromatic heterocycles. The molecule has 0 saturated heterocycles.